The van der Waals surface area contributed by atoms with E-state index >= 15 is 0 Å². The van der Waals surface area contributed by atoms with Gasteiger partial charge in [0.05, 0.1) is 5.56 Å². The summed E-state index contributed by atoms with van der Waals surface area (Å²) in [6.45, 7) is 2.21. The van der Waals surface area contributed by atoms with E-state index in [4.69, 9.17) is 16.2 Å². The zero-order valence-corrected chi connectivity index (χ0v) is 13.6. The van der Waals surface area contributed by atoms with Crippen LogP contribution in [0.3, 0.4) is 0 Å². The Bertz CT molecular complexity index is 538. The van der Waals surface area contributed by atoms with Gasteiger partial charge < -0.3 is 5.11 Å². The van der Waals surface area contributed by atoms with E-state index in [1.54, 1.807) is 17.0 Å². The number of carboxylic acid groups (broad SMARTS) is 1. The minimum atomic E-state index is -0.846. The van der Waals surface area contributed by atoms with Crippen molar-refractivity contribution < 1.29 is 9.90 Å². The number of hydrogen-bond acceptors (Lipinski definition) is 2. The van der Waals surface area contributed by atoms with E-state index in [1.165, 1.54) is 44.1 Å². The zero-order valence-electron chi connectivity index (χ0n) is 13.6. The Kier molecular flexibility index (Phi) is 8.55. The molecule has 1 aliphatic rings. The second kappa shape index (κ2) is 10.5. The van der Waals surface area contributed by atoms with Gasteiger partial charge in [-0.25, -0.2) is 4.79 Å². The minimum Gasteiger partial charge on any atom is -0.478 e. The third-order valence-electron chi connectivity index (χ3n) is 4.26. The summed E-state index contributed by atoms with van der Waals surface area (Å²) in [4.78, 5) is 12.6. The molecule has 0 radical (unpaired) electrons. The lowest BCUT2D eigenvalue weighted by Gasteiger charge is -2.27. The van der Waals surface area contributed by atoms with Gasteiger partial charge in [-0.15, -0.1) is 5.53 Å². The van der Waals surface area contributed by atoms with Crippen LogP contribution in [0.2, 0.25) is 0 Å². The molecule has 5 heteroatoms. The van der Waals surface area contributed by atoms with Crippen molar-refractivity contribution in [2.45, 2.75) is 51.4 Å². The van der Waals surface area contributed by atoms with Crippen LogP contribution in [0.5, 0.6) is 0 Å². The van der Waals surface area contributed by atoms with Crippen LogP contribution in [-0.2, 0) is 0 Å². The Morgan fingerprint density at radius 2 is 1.87 bits per heavy atom. The molecule has 1 fully saturated rings. The van der Waals surface area contributed by atoms with Gasteiger partial charge in [0.2, 0.25) is 0 Å². The van der Waals surface area contributed by atoms with Crippen molar-refractivity contribution in [1.82, 2.24) is 0 Å². The van der Waals surface area contributed by atoms with Gasteiger partial charge in [0.15, 0.2) is 0 Å². The molecule has 1 aromatic carbocycles. The number of carboxylic acids is 1. The fourth-order valence-electron chi connectivity index (χ4n) is 3.00. The predicted molar refractivity (Wildman–Crippen MR) is 91.6 cm³/mol. The molecule has 0 saturated heterocycles. The Hall–Kier alpha value is -2.26. The second-order valence-electron chi connectivity index (χ2n) is 5.86. The number of nitrogens with zero attached hydrogens (tertiary/aromatic N) is 2. The first-order valence-corrected chi connectivity index (χ1v) is 8.13. The SMILES string of the molecule is CCCC=C[C@H]1CC[C@H](c2ccc(C(=O)O)cc2)CC1.[N-]=[N+]=N. The molecule has 0 atom stereocenters. The Labute approximate surface area is 137 Å². The molecule has 1 aliphatic carbocycles. The number of allylic oxidation sites excluding steroid dienone is 2. The van der Waals surface area contributed by atoms with Crippen molar-refractivity contribution in [3.63, 3.8) is 0 Å². The number of carbonyl (C=O) groups is 1. The second-order valence-corrected chi connectivity index (χ2v) is 5.86. The standard InChI is InChI=1S/C18H24O2.HN3/c1-2-3-4-5-14-6-8-15(9-7-14)16-10-12-17(13-11-16)18(19)20;1-3-2/h4-5,10-15H,2-3,6-9H2,1H3,(H,19,20);1H/t14-,15-;. The fraction of sp³-hybridized carbons (Fsp3) is 0.500. The minimum absolute atomic E-state index is 0.380. The summed E-state index contributed by atoms with van der Waals surface area (Å²) >= 11 is 0. The quantitative estimate of drug-likeness (QED) is 0.306. The van der Waals surface area contributed by atoms with E-state index in [1.807, 2.05) is 12.1 Å². The van der Waals surface area contributed by atoms with Crippen LogP contribution in [0.15, 0.2) is 36.4 Å². The smallest absolute Gasteiger partial charge is 0.335 e. The molecule has 0 aliphatic heterocycles. The molecule has 2 rings (SSSR count). The number of benzene rings is 1. The Morgan fingerprint density at radius 3 is 2.35 bits per heavy atom. The van der Waals surface area contributed by atoms with Crippen molar-refractivity contribution in [2.24, 2.45) is 5.92 Å². The topological polar surface area (TPSA) is 97.5 Å². The summed E-state index contributed by atoms with van der Waals surface area (Å²) in [6.07, 6.45) is 12.1. The molecule has 1 saturated carbocycles. The summed E-state index contributed by atoms with van der Waals surface area (Å²) < 4.78 is 0. The highest BCUT2D eigenvalue weighted by atomic mass is 16.4. The molecule has 5 nitrogen and oxygen atoms in total. The van der Waals surface area contributed by atoms with E-state index in [2.05, 4.69) is 19.1 Å². The van der Waals surface area contributed by atoms with Crippen molar-refractivity contribution in [2.75, 3.05) is 0 Å². The highest BCUT2D eigenvalue weighted by Gasteiger charge is 2.20. The molecule has 124 valence electrons. The normalized spacial score (nSPS) is 20.4. The molecule has 0 unspecified atom stereocenters. The molecule has 0 amide bonds. The maximum absolute atomic E-state index is 10.8. The summed E-state index contributed by atoms with van der Waals surface area (Å²) in [5.41, 5.74) is 13.9. The van der Waals surface area contributed by atoms with Crippen LogP contribution in [0.4, 0.5) is 0 Å². The van der Waals surface area contributed by atoms with Crippen LogP contribution < -0.4 is 0 Å². The maximum atomic E-state index is 10.8. The van der Waals surface area contributed by atoms with Crippen molar-refractivity contribution in [3.05, 3.63) is 58.0 Å². The first-order valence-electron chi connectivity index (χ1n) is 8.13. The van der Waals surface area contributed by atoms with Gasteiger partial charge in [-0.2, -0.15) is 0 Å². The Balaban J connectivity index is 0.000000816. The van der Waals surface area contributed by atoms with Crippen LogP contribution in [0, 0.1) is 11.4 Å². The first-order chi connectivity index (χ1) is 11.1. The monoisotopic (exact) mass is 315 g/mol. The van der Waals surface area contributed by atoms with Gasteiger partial charge in [0.1, 0.15) is 0 Å². The lowest BCUT2D eigenvalue weighted by atomic mass is 9.78. The lowest BCUT2D eigenvalue weighted by molar-refractivity contribution is 0.0697. The molecule has 0 aromatic heterocycles. The van der Waals surface area contributed by atoms with E-state index < -0.39 is 5.97 Å². The van der Waals surface area contributed by atoms with Crippen LogP contribution >= 0.6 is 0 Å². The third-order valence-corrected chi connectivity index (χ3v) is 4.26. The summed E-state index contributed by atoms with van der Waals surface area (Å²) in [5.74, 6) is 0.506. The van der Waals surface area contributed by atoms with E-state index in [9.17, 15) is 4.79 Å². The molecule has 0 bridgehead atoms. The highest BCUT2D eigenvalue weighted by Crippen LogP contribution is 2.36. The van der Waals surface area contributed by atoms with Gasteiger partial charge >= 0.3 is 5.97 Å². The Morgan fingerprint density at radius 1 is 1.30 bits per heavy atom. The number of nitrogens with one attached hydrogen (secondary N) is 1. The van der Waals surface area contributed by atoms with Gasteiger partial charge in [-0.1, -0.05) is 37.6 Å². The van der Waals surface area contributed by atoms with Crippen molar-refractivity contribution >= 4 is 5.97 Å². The predicted octanol–water partition coefficient (Wildman–Crippen LogP) is 5.89. The van der Waals surface area contributed by atoms with Crippen LogP contribution in [0.25, 0.3) is 10.4 Å². The number of rotatable bonds is 5. The first kappa shape index (κ1) is 18.8. The molecule has 1 aromatic rings. The molecule has 0 heterocycles. The van der Waals surface area contributed by atoms with E-state index in [0.29, 0.717) is 11.5 Å². The molecular formula is C18H25N3O2. The van der Waals surface area contributed by atoms with Gasteiger partial charge in [-0.3, -0.25) is 0 Å². The number of unbranched alkanes of at least 4 members (excludes halogenated alkanes) is 1. The van der Waals surface area contributed by atoms with Gasteiger partial charge in [0, 0.05) is 0 Å². The average molecular weight is 315 g/mol. The number of aromatic carboxylic acids is 1. The lowest BCUT2D eigenvalue weighted by Crippen LogP contribution is -2.12. The largest absolute Gasteiger partial charge is 0.478 e. The molecule has 23 heavy (non-hydrogen) atoms. The van der Waals surface area contributed by atoms with E-state index in [0.717, 1.165) is 5.92 Å². The number of hydrogen-bond donors (Lipinski definition) is 2. The van der Waals surface area contributed by atoms with Gasteiger partial charge in [-0.05, 0) is 72.1 Å². The third kappa shape index (κ3) is 6.57. The fourth-order valence-corrected chi connectivity index (χ4v) is 3.00. The van der Waals surface area contributed by atoms with Crippen LogP contribution in [0.1, 0.15) is 67.3 Å². The summed E-state index contributed by atoms with van der Waals surface area (Å²) in [5, 5.41) is 8.92. The van der Waals surface area contributed by atoms with E-state index in [-0.39, 0.29) is 0 Å². The summed E-state index contributed by atoms with van der Waals surface area (Å²) in [7, 11) is 0. The zero-order chi connectivity index (χ0) is 17.1. The van der Waals surface area contributed by atoms with Crippen molar-refractivity contribution in [1.29, 1.82) is 5.53 Å². The molecule has 2 N–H and O–H groups in total. The maximum Gasteiger partial charge on any atom is 0.335 e. The molecular weight excluding hydrogens is 290 g/mol. The highest BCUT2D eigenvalue weighted by molar-refractivity contribution is 5.87. The molecule has 0 spiro atoms. The summed E-state index contributed by atoms with van der Waals surface area (Å²) in [6, 6.07) is 7.43. The van der Waals surface area contributed by atoms with Crippen molar-refractivity contribution in [3.8, 4) is 0 Å². The van der Waals surface area contributed by atoms with Crippen LogP contribution in [-0.4, -0.2) is 11.1 Å². The average Bonchev–Trinajstić information content (AvgIpc) is 2.57. The van der Waals surface area contributed by atoms with Gasteiger partial charge in [0.25, 0.3) is 0 Å².